The topological polar surface area (TPSA) is 75.3 Å². The number of amides is 2. The van der Waals surface area contributed by atoms with Crippen LogP contribution in [0.25, 0.3) is 6.08 Å². The van der Waals surface area contributed by atoms with Crippen molar-refractivity contribution in [1.82, 2.24) is 4.72 Å². The number of nitrogens with one attached hydrogen (secondary N) is 2. The molecule has 0 spiro atoms. The van der Waals surface area contributed by atoms with Gasteiger partial charge in [0, 0.05) is 5.69 Å². The third-order valence-corrected chi connectivity index (χ3v) is 4.88. The van der Waals surface area contributed by atoms with Crippen LogP contribution in [0.4, 0.5) is 10.5 Å². The predicted molar refractivity (Wildman–Crippen MR) is 92.3 cm³/mol. The van der Waals surface area contributed by atoms with E-state index in [1.807, 2.05) is 4.72 Å². The van der Waals surface area contributed by atoms with Gasteiger partial charge in [-0.15, -0.1) is 0 Å². The number of halogens is 2. The molecule has 2 rings (SSSR count). The van der Waals surface area contributed by atoms with Crippen molar-refractivity contribution in [1.29, 1.82) is 0 Å². The van der Waals surface area contributed by atoms with Crippen LogP contribution in [0.2, 0.25) is 10.0 Å². The first-order chi connectivity index (χ1) is 10.8. The average molecular weight is 371 g/mol. The van der Waals surface area contributed by atoms with E-state index in [4.69, 9.17) is 23.2 Å². The highest BCUT2D eigenvalue weighted by Crippen LogP contribution is 2.25. The Kier molecular flexibility index (Phi) is 5.30. The molecule has 23 heavy (non-hydrogen) atoms. The fourth-order valence-electron chi connectivity index (χ4n) is 1.72. The van der Waals surface area contributed by atoms with Crippen molar-refractivity contribution < 1.29 is 13.2 Å². The maximum atomic E-state index is 12.2. The van der Waals surface area contributed by atoms with E-state index in [-0.39, 0.29) is 9.92 Å². The molecule has 0 aliphatic heterocycles. The average Bonchev–Trinajstić information content (AvgIpc) is 2.50. The lowest BCUT2D eigenvalue weighted by molar-refractivity contribution is 0.256. The lowest BCUT2D eigenvalue weighted by atomic mass is 10.2. The molecule has 5 nitrogen and oxygen atoms in total. The van der Waals surface area contributed by atoms with Gasteiger partial charge in [-0.25, -0.2) is 17.9 Å². The molecule has 0 aliphatic carbocycles. The van der Waals surface area contributed by atoms with Crippen molar-refractivity contribution in [2.45, 2.75) is 4.90 Å². The maximum absolute atomic E-state index is 12.2. The van der Waals surface area contributed by atoms with Gasteiger partial charge in [0.25, 0.3) is 10.0 Å². The van der Waals surface area contributed by atoms with Crippen LogP contribution in [0.3, 0.4) is 0 Å². The number of carbonyl (C=O) groups is 1. The summed E-state index contributed by atoms with van der Waals surface area (Å²) in [4.78, 5) is 11.8. The number of carbonyl (C=O) groups excluding carboxylic acids is 1. The monoisotopic (exact) mass is 370 g/mol. The normalized spacial score (nSPS) is 10.9. The number of urea groups is 1. The van der Waals surface area contributed by atoms with Crippen molar-refractivity contribution in [3.63, 3.8) is 0 Å². The Labute approximate surface area is 144 Å². The van der Waals surface area contributed by atoms with Crippen molar-refractivity contribution >= 4 is 51.0 Å². The van der Waals surface area contributed by atoms with Crippen LogP contribution in [-0.4, -0.2) is 14.4 Å². The van der Waals surface area contributed by atoms with Gasteiger partial charge in [0.1, 0.15) is 0 Å². The number of sulfonamides is 1. The van der Waals surface area contributed by atoms with E-state index in [1.165, 1.54) is 36.4 Å². The summed E-state index contributed by atoms with van der Waals surface area (Å²) < 4.78 is 26.3. The minimum Gasteiger partial charge on any atom is -0.307 e. The van der Waals surface area contributed by atoms with Gasteiger partial charge in [-0.3, -0.25) is 0 Å². The molecule has 0 radical (unpaired) electrons. The fraction of sp³-hybridized carbons (Fsp3) is 0. The van der Waals surface area contributed by atoms with E-state index < -0.39 is 16.1 Å². The minimum absolute atomic E-state index is 0.0424. The van der Waals surface area contributed by atoms with Crippen LogP contribution in [0.5, 0.6) is 0 Å². The molecule has 2 aromatic carbocycles. The summed E-state index contributed by atoms with van der Waals surface area (Å²) in [6, 6.07) is 9.52. The number of rotatable bonds is 4. The maximum Gasteiger partial charge on any atom is 0.333 e. The molecule has 2 aromatic rings. The molecule has 0 aromatic heterocycles. The van der Waals surface area contributed by atoms with Crippen LogP contribution in [0.15, 0.2) is 53.9 Å². The van der Waals surface area contributed by atoms with Gasteiger partial charge in [0.05, 0.1) is 14.9 Å². The van der Waals surface area contributed by atoms with Gasteiger partial charge in [-0.05, 0) is 35.9 Å². The summed E-state index contributed by atoms with van der Waals surface area (Å²) in [5, 5.41) is 2.94. The van der Waals surface area contributed by atoms with Gasteiger partial charge in [0.2, 0.25) is 0 Å². The van der Waals surface area contributed by atoms with E-state index in [0.29, 0.717) is 16.3 Å². The standard InChI is InChI=1S/C15H12Cl2N2O3S/c1-2-10-4-3-5-12(8-10)23(21,22)19-15(20)18-11-6-7-13(16)14(17)9-11/h2-9H,1H2,(H2,18,19,20). The molecule has 0 atom stereocenters. The second-order valence-electron chi connectivity index (χ2n) is 4.47. The minimum atomic E-state index is -4.00. The van der Waals surface area contributed by atoms with Crippen LogP contribution in [0.1, 0.15) is 5.56 Å². The van der Waals surface area contributed by atoms with E-state index in [0.717, 1.165) is 0 Å². The molecule has 2 N–H and O–H groups in total. The molecule has 120 valence electrons. The highest BCUT2D eigenvalue weighted by Gasteiger charge is 2.18. The molecule has 0 heterocycles. The molecule has 0 saturated heterocycles. The first-order valence-electron chi connectivity index (χ1n) is 6.33. The zero-order valence-electron chi connectivity index (χ0n) is 11.7. The van der Waals surface area contributed by atoms with Crippen molar-refractivity contribution in [3.05, 3.63) is 64.7 Å². The lowest BCUT2D eigenvalue weighted by Gasteiger charge is -2.09. The molecular weight excluding hydrogens is 359 g/mol. The van der Waals surface area contributed by atoms with Crippen molar-refractivity contribution in [2.75, 3.05) is 5.32 Å². The summed E-state index contributed by atoms with van der Waals surface area (Å²) in [5.74, 6) is 0. The highest BCUT2D eigenvalue weighted by atomic mass is 35.5. The Morgan fingerprint density at radius 1 is 1.09 bits per heavy atom. The summed E-state index contributed by atoms with van der Waals surface area (Å²) in [5.41, 5.74) is 0.935. The fourth-order valence-corrected chi connectivity index (χ4v) is 2.98. The first kappa shape index (κ1) is 17.3. The molecule has 2 amide bonds. The third-order valence-electron chi connectivity index (χ3n) is 2.81. The van der Waals surface area contributed by atoms with Gasteiger partial charge in [-0.1, -0.05) is 48.0 Å². The van der Waals surface area contributed by atoms with Crippen molar-refractivity contribution in [3.8, 4) is 0 Å². The molecule has 0 saturated carbocycles. The highest BCUT2D eigenvalue weighted by molar-refractivity contribution is 7.90. The zero-order chi connectivity index (χ0) is 17.0. The first-order valence-corrected chi connectivity index (χ1v) is 8.57. The number of anilines is 1. The number of benzene rings is 2. The van der Waals surface area contributed by atoms with Crippen molar-refractivity contribution in [2.24, 2.45) is 0 Å². The third kappa shape index (κ3) is 4.48. The Balaban J connectivity index is 2.14. The molecule has 0 bridgehead atoms. The van der Waals surface area contributed by atoms with Crippen LogP contribution < -0.4 is 10.0 Å². The second kappa shape index (κ2) is 7.04. The Morgan fingerprint density at radius 2 is 1.83 bits per heavy atom. The Bertz CT molecular complexity index is 867. The molecule has 8 heteroatoms. The van der Waals surface area contributed by atoms with Gasteiger partial charge < -0.3 is 5.32 Å². The van der Waals surface area contributed by atoms with E-state index in [9.17, 15) is 13.2 Å². The Morgan fingerprint density at radius 3 is 2.48 bits per heavy atom. The second-order valence-corrected chi connectivity index (χ2v) is 6.96. The molecular formula is C15H12Cl2N2O3S. The van der Waals surface area contributed by atoms with E-state index in [1.54, 1.807) is 12.1 Å². The SMILES string of the molecule is C=Cc1cccc(S(=O)(=O)NC(=O)Nc2ccc(Cl)c(Cl)c2)c1. The number of hydrogen-bond donors (Lipinski definition) is 2. The van der Waals surface area contributed by atoms with Crippen LogP contribution in [-0.2, 0) is 10.0 Å². The van der Waals surface area contributed by atoms with Gasteiger partial charge in [0.15, 0.2) is 0 Å². The molecule has 0 unspecified atom stereocenters. The Hall–Kier alpha value is -2.02. The summed E-state index contributed by atoms with van der Waals surface area (Å²) in [6.45, 7) is 3.57. The lowest BCUT2D eigenvalue weighted by Crippen LogP contribution is -2.34. The molecule has 0 aliphatic rings. The quantitative estimate of drug-likeness (QED) is 0.848. The van der Waals surface area contributed by atoms with Crippen LogP contribution in [0, 0.1) is 0 Å². The van der Waals surface area contributed by atoms with E-state index >= 15 is 0 Å². The largest absolute Gasteiger partial charge is 0.333 e. The smallest absolute Gasteiger partial charge is 0.307 e. The van der Waals surface area contributed by atoms with E-state index in [2.05, 4.69) is 11.9 Å². The van der Waals surface area contributed by atoms with Crippen LogP contribution >= 0.6 is 23.2 Å². The summed E-state index contributed by atoms with van der Waals surface area (Å²) in [7, 11) is -4.00. The molecule has 0 fully saturated rings. The number of hydrogen-bond acceptors (Lipinski definition) is 3. The van der Waals surface area contributed by atoms with Gasteiger partial charge >= 0.3 is 6.03 Å². The van der Waals surface area contributed by atoms with Gasteiger partial charge in [-0.2, -0.15) is 0 Å². The predicted octanol–water partition coefficient (Wildman–Crippen LogP) is 4.15. The zero-order valence-corrected chi connectivity index (χ0v) is 14.0. The summed E-state index contributed by atoms with van der Waals surface area (Å²) in [6.07, 6.45) is 1.51. The summed E-state index contributed by atoms with van der Waals surface area (Å²) >= 11 is 11.6.